The van der Waals surface area contributed by atoms with E-state index >= 15 is 0 Å². The molecule has 0 atom stereocenters. The lowest BCUT2D eigenvalue weighted by molar-refractivity contribution is 0.111. The van der Waals surface area contributed by atoms with Crippen molar-refractivity contribution < 1.29 is 9.53 Å². The highest BCUT2D eigenvalue weighted by Crippen LogP contribution is 2.23. The highest BCUT2D eigenvalue weighted by atomic mass is 35.5. The van der Waals surface area contributed by atoms with E-state index in [1.54, 1.807) is 24.3 Å². The number of halogens is 1. The number of carbonyl (C=O) groups excluding carboxylic acids is 1. The second kappa shape index (κ2) is 5.65. The van der Waals surface area contributed by atoms with Crippen molar-refractivity contribution in [2.45, 2.75) is 6.61 Å². The number of carbonyl (C=O) groups is 1. The standard InChI is InChI=1S/C13H10ClN3O2/c1-19-8-12-11(7-18)13(14)17(16-12)10-4-2-9(6-15)3-5-10/h2-5,7H,8H2,1H3. The van der Waals surface area contributed by atoms with Gasteiger partial charge in [0, 0.05) is 7.11 Å². The molecule has 0 saturated heterocycles. The number of rotatable bonds is 4. The Morgan fingerprint density at radius 3 is 2.68 bits per heavy atom. The Balaban J connectivity index is 2.49. The Hall–Kier alpha value is -2.16. The maximum atomic E-state index is 11.0. The highest BCUT2D eigenvalue weighted by Gasteiger charge is 2.16. The summed E-state index contributed by atoms with van der Waals surface area (Å²) in [7, 11) is 1.52. The summed E-state index contributed by atoms with van der Waals surface area (Å²) < 4.78 is 6.42. The molecule has 5 nitrogen and oxygen atoms in total. The van der Waals surface area contributed by atoms with Crippen LogP contribution in [0.2, 0.25) is 5.15 Å². The number of hydrogen-bond acceptors (Lipinski definition) is 4. The fourth-order valence-electron chi connectivity index (χ4n) is 1.66. The van der Waals surface area contributed by atoms with E-state index in [1.165, 1.54) is 11.8 Å². The van der Waals surface area contributed by atoms with Gasteiger partial charge in [0.2, 0.25) is 0 Å². The molecule has 1 heterocycles. The SMILES string of the molecule is COCc1nn(-c2ccc(C#N)cc2)c(Cl)c1C=O. The predicted molar refractivity (Wildman–Crippen MR) is 69.4 cm³/mol. The highest BCUT2D eigenvalue weighted by molar-refractivity contribution is 6.32. The van der Waals surface area contributed by atoms with Gasteiger partial charge in [-0.2, -0.15) is 10.4 Å². The molecule has 2 rings (SSSR count). The number of aldehydes is 1. The zero-order valence-electron chi connectivity index (χ0n) is 10.1. The Morgan fingerprint density at radius 1 is 1.47 bits per heavy atom. The summed E-state index contributed by atoms with van der Waals surface area (Å²) in [6.45, 7) is 0.205. The Kier molecular flexibility index (Phi) is 3.95. The molecular weight excluding hydrogens is 266 g/mol. The van der Waals surface area contributed by atoms with Crippen LogP contribution in [0.25, 0.3) is 5.69 Å². The van der Waals surface area contributed by atoms with Crippen LogP contribution < -0.4 is 0 Å². The van der Waals surface area contributed by atoms with Gasteiger partial charge in [0.1, 0.15) is 10.8 Å². The van der Waals surface area contributed by atoms with Crippen LogP contribution in [0.3, 0.4) is 0 Å². The third kappa shape index (κ3) is 2.50. The molecule has 2 aromatic rings. The average Bonchev–Trinajstić information content (AvgIpc) is 2.75. The lowest BCUT2D eigenvalue weighted by Gasteiger charge is -2.02. The number of nitrogens with zero attached hydrogens (tertiary/aromatic N) is 3. The first kappa shape index (κ1) is 13.3. The van der Waals surface area contributed by atoms with Gasteiger partial charge in [-0.1, -0.05) is 11.6 Å². The van der Waals surface area contributed by atoms with Crippen molar-refractivity contribution in [3.05, 3.63) is 46.2 Å². The van der Waals surface area contributed by atoms with Crippen molar-refractivity contribution in [1.29, 1.82) is 5.26 Å². The second-order valence-corrected chi connectivity index (χ2v) is 4.13. The van der Waals surface area contributed by atoms with E-state index in [-0.39, 0.29) is 11.8 Å². The van der Waals surface area contributed by atoms with Crippen LogP contribution in [0.4, 0.5) is 0 Å². The largest absolute Gasteiger partial charge is 0.378 e. The van der Waals surface area contributed by atoms with Gasteiger partial charge in [0.05, 0.1) is 29.5 Å². The molecule has 0 aliphatic rings. The topological polar surface area (TPSA) is 67.9 Å². The molecule has 0 unspecified atom stereocenters. The molecule has 1 aromatic heterocycles. The maximum absolute atomic E-state index is 11.0. The third-order valence-corrected chi connectivity index (χ3v) is 2.94. The van der Waals surface area contributed by atoms with Gasteiger partial charge in [-0.3, -0.25) is 4.79 Å². The number of nitriles is 1. The average molecular weight is 276 g/mol. The minimum absolute atomic E-state index is 0.205. The summed E-state index contributed by atoms with van der Waals surface area (Å²) in [5.74, 6) is 0. The lowest BCUT2D eigenvalue weighted by atomic mass is 10.2. The summed E-state index contributed by atoms with van der Waals surface area (Å²) >= 11 is 6.12. The Morgan fingerprint density at radius 2 is 2.16 bits per heavy atom. The van der Waals surface area contributed by atoms with Gasteiger partial charge >= 0.3 is 0 Å². The normalized spacial score (nSPS) is 10.2. The van der Waals surface area contributed by atoms with Gasteiger partial charge in [-0.25, -0.2) is 4.68 Å². The maximum Gasteiger partial charge on any atom is 0.155 e. The first-order chi connectivity index (χ1) is 9.21. The van der Waals surface area contributed by atoms with Crippen molar-refractivity contribution in [2.75, 3.05) is 7.11 Å². The molecule has 0 amide bonds. The number of methoxy groups -OCH3 is 1. The van der Waals surface area contributed by atoms with E-state index in [4.69, 9.17) is 21.6 Å². The van der Waals surface area contributed by atoms with E-state index in [0.717, 1.165) is 0 Å². The second-order valence-electron chi connectivity index (χ2n) is 3.77. The third-order valence-electron chi connectivity index (χ3n) is 2.58. The molecule has 0 aliphatic carbocycles. The van der Waals surface area contributed by atoms with E-state index in [1.807, 2.05) is 6.07 Å². The van der Waals surface area contributed by atoms with Crippen molar-refractivity contribution in [1.82, 2.24) is 9.78 Å². The predicted octanol–water partition coefficient (Wildman–Crippen LogP) is 2.36. The molecule has 0 bridgehead atoms. The molecule has 0 fully saturated rings. The minimum atomic E-state index is 0.205. The van der Waals surface area contributed by atoms with Gasteiger partial charge in [-0.05, 0) is 24.3 Å². The van der Waals surface area contributed by atoms with Crippen LogP contribution >= 0.6 is 11.6 Å². The van der Waals surface area contributed by atoms with E-state index < -0.39 is 0 Å². The van der Waals surface area contributed by atoms with Gasteiger partial charge in [0.25, 0.3) is 0 Å². The number of hydrogen-bond donors (Lipinski definition) is 0. The van der Waals surface area contributed by atoms with E-state index in [2.05, 4.69) is 5.10 Å². The quantitative estimate of drug-likeness (QED) is 0.803. The van der Waals surface area contributed by atoms with Crippen molar-refractivity contribution in [3.63, 3.8) is 0 Å². The van der Waals surface area contributed by atoms with Crippen LogP contribution in [0.5, 0.6) is 0 Å². The van der Waals surface area contributed by atoms with Crippen LogP contribution in [0.15, 0.2) is 24.3 Å². The molecular formula is C13H10ClN3O2. The number of aromatic nitrogens is 2. The molecule has 96 valence electrons. The first-order valence-corrected chi connectivity index (χ1v) is 5.81. The molecule has 0 saturated carbocycles. The summed E-state index contributed by atoms with van der Waals surface area (Å²) in [5.41, 5.74) is 2.01. The van der Waals surface area contributed by atoms with Crippen molar-refractivity contribution >= 4 is 17.9 Å². The van der Waals surface area contributed by atoms with Crippen molar-refractivity contribution in [2.24, 2.45) is 0 Å². The molecule has 0 aliphatic heterocycles. The molecule has 0 spiro atoms. The number of ether oxygens (including phenoxy) is 1. The summed E-state index contributed by atoms with van der Waals surface area (Å²) in [6.07, 6.45) is 0.657. The Labute approximate surface area is 115 Å². The molecule has 6 heteroatoms. The van der Waals surface area contributed by atoms with E-state index in [0.29, 0.717) is 28.8 Å². The van der Waals surface area contributed by atoms with Crippen molar-refractivity contribution in [3.8, 4) is 11.8 Å². The van der Waals surface area contributed by atoms with Gasteiger partial charge in [0.15, 0.2) is 6.29 Å². The van der Waals surface area contributed by atoms with Crippen LogP contribution in [-0.2, 0) is 11.3 Å². The molecule has 0 N–H and O–H groups in total. The zero-order valence-corrected chi connectivity index (χ0v) is 10.9. The molecule has 0 radical (unpaired) electrons. The first-order valence-electron chi connectivity index (χ1n) is 5.43. The Bertz CT molecular complexity index is 641. The fraction of sp³-hybridized carbons (Fsp3) is 0.154. The van der Waals surface area contributed by atoms with Gasteiger partial charge in [-0.15, -0.1) is 0 Å². The van der Waals surface area contributed by atoms with E-state index in [9.17, 15) is 4.79 Å². The monoisotopic (exact) mass is 275 g/mol. The minimum Gasteiger partial charge on any atom is -0.378 e. The smallest absolute Gasteiger partial charge is 0.155 e. The summed E-state index contributed by atoms with van der Waals surface area (Å²) in [6, 6.07) is 8.76. The lowest BCUT2D eigenvalue weighted by Crippen LogP contribution is -1.98. The van der Waals surface area contributed by atoms with Crippen LogP contribution in [0, 0.1) is 11.3 Å². The fourth-order valence-corrected chi connectivity index (χ4v) is 1.95. The molecule has 1 aromatic carbocycles. The zero-order chi connectivity index (χ0) is 13.8. The van der Waals surface area contributed by atoms with Crippen LogP contribution in [0.1, 0.15) is 21.6 Å². The van der Waals surface area contributed by atoms with Gasteiger partial charge < -0.3 is 4.74 Å². The molecule has 19 heavy (non-hydrogen) atoms. The van der Waals surface area contributed by atoms with Crippen LogP contribution in [-0.4, -0.2) is 23.2 Å². The summed E-state index contributed by atoms with van der Waals surface area (Å²) in [5, 5.41) is 13.2. The summed E-state index contributed by atoms with van der Waals surface area (Å²) in [4.78, 5) is 11.0. The number of benzene rings is 1.